The highest BCUT2D eigenvalue weighted by atomic mass is 32.2. The fourth-order valence-corrected chi connectivity index (χ4v) is 6.74. The number of nitrogens with one attached hydrogen (secondary N) is 1. The van der Waals surface area contributed by atoms with E-state index in [-0.39, 0.29) is 35.6 Å². The number of thioether (sulfide) groups is 1. The summed E-state index contributed by atoms with van der Waals surface area (Å²) in [6.45, 7) is 12.0. The van der Waals surface area contributed by atoms with Crippen LogP contribution in [0.2, 0.25) is 0 Å². The molecule has 0 spiro atoms. The molecule has 1 saturated heterocycles. The molecule has 1 aromatic heterocycles. The number of nitrogens with zero attached hydrogens (tertiary/aromatic N) is 3. The number of carbonyl (C=O) groups is 3. The van der Waals surface area contributed by atoms with Gasteiger partial charge in [0.1, 0.15) is 5.82 Å². The van der Waals surface area contributed by atoms with Crippen LogP contribution in [0, 0.1) is 11.7 Å². The molecule has 0 saturated carbocycles. The molecule has 3 aromatic rings. The van der Waals surface area contributed by atoms with E-state index in [2.05, 4.69) is 15.2 Å². The second kappa shape index (κ2) is 17.4. The van der Waals surface area contributed by atoms with Gasteiger partial charge in [0, 0.05) is 31.6 Å². The highest BCUT2D eigenvalue weighted by Gasteiger charge is 2.26. The molecule has 0 radical (unpaired) electrons. The largest absolute Gasteiger partial charge is 0.478 e. The van der Waals surface area contributed by atoms with Gasteiger partial charge < -0.3 is 19.9 Å². The lowest BCUT2D eigenvalue weighted by atomic mass is 9.98. The fraction of sp³-hybridized carbons (Fsp3) is 0.486. The zero-order valence-corrected chi connectivity index (χ0v) is 28.4. The Labute approximate surface area is 280 Å². The van der Waals surface area contributed by atoms with E-state index in [4.69, 9.17) is 9.47 Å². The molecule has 10 nitrogen and oxygen atoms in total. The van der Waals surface area contributed by atoms with Crippen LogP contribution < -0.4 is 10.1 Å². The first-order valence-electron chi connectivity index (χ1n) is 16.2. The van der Waals surface area contributed by atoms with Crippen molar-refractivity contribution in [2.24, 2.45) is 5.92 Å². The van der Waals surface area contributed by atoms with Crippen molar-refractivity contribution in [3.05, 3.63) is 70.8 Å². The highest BCUT2D eigenvalue weighted by molar-refractivity contribution is 8.14. The summed E-state index contributed by atoms with van der Waals surface area (Å²) in [5.41, 5.74) is 2.73. The first-order chi connectivity index (χ1) is 22.6. The summed E-state index contributed by atoms with van der Waals surface area (Å²) in [4.78, 5) is 45.0. The summed E-state index contributed by atoms with van der Waals surface area (Å²) in [5.74, 6) is -1.62. The van der Waals surface area contributed by atoms with E-state index in [1.807, 2.05) is 27.7 Å². The maximum atomic E-state index is 15.6. The van der Waals surface area contributed by atoms with Gasteiger partial charge in [-0.3, -0.25) is 19.1 Å². The summed E-state index contributed by atoms with van der Waals surface area (Å²) in [5, 5.41) is 12.1. The Morgan fingerprint density at radius 3 is 2.53 bits per heavy atom. The number of carboxylic acids is 1. The number of carbonyl (C=O) groups excluding carboxylic acids is 2. The van der Waals surface area contributed by atoms with Crippen molar-refractivity contribution in [2.75, 3.05) is 39.5 Å². The molecule has 1 amide bonds. The number of aromatic nitrogens is 2. The number of hydrogen-bond acceptors (Lipinski definition) is 8. The minimum absolute atomic E-state index is 0.0138. The maximum absolute atomic E-state index is 15.6. The average molecular weight is 669 g/mol. The summed E-state index contributed by atoms with van der Waals surface area (Å²) in [6, 6.07) is 11.5. The van der Waals surface area contributed by atoms with E-state index >= 15 is 4.39 Å². The lowest BCUT2D eigenvalue weighted by Gasteiger charge is -2.26. The first kappa shape index (κ1) is 36.1. The van der Waals surface area contributed by atoms with E-state index in [1.54, 1.807) is 34.9 Å². The van der Waals surface area contributed by atoms with Crippen molar-refractivity contribution in [3.63, 3.8) is 0 Å². The molecule has 4 rings (SSSR count). The van der Waals surface area contributed by atoms with Crippen LogP contribution in [0.4, 0.5) is 4.39 Å². The zero-order chi connectivity index (χ0) is 33.9. The second-order valence-corrected chi connectivity index (χ2v) is 13.1. The molecule has 12 heteroatoms. The number of morpholine rings is 1. The molecule has 2 heterocycles. The topological polar surface area (TPSA) is 123 Å². The number of ether oxygens (including phenoxy) is 2. The summed E-state index contributed by atoms with van der Waals surface area (Å²) >= 11 is 1.10. The Balaban J connectivity index is 1.52. The predicted octanol–water partition coefficient (Wildman–Crippen LogP) is 5.41. The van der Waals surface area contributed by atoms with Gasteiger partial charge in [-0.25, -0.2) is 9.18 Å². The van der Waals surface area contributed by atoms with Crippen LogP contribution in [-0.4, -0.2) is 81.3 Å². The quantitative estimate of drug-likeness (QED) is 0.206. The standard InChI is InChI=1S/C35H45FN4O6S/c1-5-29-30(21-37-33(42)31(19-23(3)4)47-32(41)13-14-39-15-17-45-18-16-39)40(35(38-29)46-6-2)22-25-12-11-24(20-28(25)36)26-9-7-8-10-27(26)34(43)44/h7-12,20,23,31H,5-6,13-19,21-22H2,1-4H3,(H,37,42)(H,43,44). The Morgan fingerprint density at radius 2 is 1.87 bits per heavy atom. The summed E-state index contributed by atoms with van der Waals surface area (Å²) < 4.78 is 28.6. The fourth-order valence-electron chi connectivity index (χ4n) is 5.54. The van der Waals surface area contributed by atoms with Crippen LogP contribution in [-0.2, 0) is 33.8 Å². The lowest BCUT2D eigenvalue weighted by Crippen LogP contribution is -2.38. The number of aryl methyl sites for hydroxylation is 1. The number of amides is 1. The molecule has 0 aliphatic carbocycles. The van der Waals surface area contributed by atoms with Crippen LogP contribution in [0.25, 0.3) is 11.1 Å². The van der Waals surface area contributed by atoms with Crippen LogP contribution in [0.1, 0.15) is 67.8 Å². The van der Waals surface area contributed by atoms with Crippen molar-refractivity contribution in [3.8, 4) is 17.1 Å². The van der Waals surface area contributed by atoms with Gasteiger partial charge in [0.2, 0.25) is 5.91 Å². The van der Waals surface area contributed by atoms with Gasteiger partial charge in [-0.1, -0.05) is 62.9 Å². The van der Waals surface area contributed by atoms with E-state index in [9.17, 15) is 19.5 Å². The van der Waals surface area contributed by atoms with Crippen molar-refractivity contribution in [1.82, 2.24) is 19.8 Å². The van der Waals surface area contributed by atoms with Gasteiger partial charge in [0.05, 0.1) is 55.1 Å². The zero-order valence-electron chi connectivity index (χ0n) is 27.6. The molecule has 2 N–H and O–H groups in total. The second-order valence-electron chi connectivity index (χ2n) is 11.8. The summed E-state index contributed by atoms with van der Waals surface area (Å²) in [7, 11) is 0. The molecular weight excluding hydrogens is 623 g/mol. The van der Waals surface area contributed by atoms with E-state index in [1.165, 1.54) is 12.1 Å². The molecule has 1 atom stereocenters. The number of benzene rings is 2. The van der Waals surface area contributed by atoms with E-state index < -0.39 is 17.0 Å². The van der Waals surface area contributed by atoms with E-state index in [0.29, 0.717) is 74.0 Å². The molecular formula is C35H45FN4O6S. The third-order valence-corrected chi connectivity index (χ3v) is 9.15. The van der Waals surface area contributed by atoms with Gasteiger partial charge in [-0.05, 0) is 48.9 Å². The maximum Gasteiger partial charge on any atom is 0.336 e. The first-order valence-corrected chi connectivity index (χ1v) is 17.1. The monoisotopic (exact) mass is 668 g/mol. The van der Waals surface area contributed by atoms with Crippen molar-refractivity contribution >= 4 is 28.8 Å². The number of carboxylic acid groups (broad SMARTS) is 1. The molecule has 1 fully saturated rings. The normalized spacial score (nSPS) is 14.3. The Kier molecular flexibility index (Phi) is 13.4. The number of halogens is 1. The van der Waals surface area contributed by atoms with Crippen molar-refractivity contribution in [1.29, 1.82) is 0 Å². The van der Waals surface area contributed by atoms with Crippen LogP contribution in [0.15, 0.2) is 42.5 Å². The predicted molar refractivity (Wildman–Crippen MR) is 180 cm³/mol. The SMILES string of the molecule is CCOc1nc(CC)c(CNC(=O)C(CC(C)C)SC(=O)CCN2CCOCC2)n1Cc1ccc(-c2ccccc2C(=O)O)cc1F. The minimum Gasteiger partial charge on any atom is -0.478 e. The highest BCUT2D eigenvalue weighted by Crippen LogP contribution is 2.28. The summed E-state index contributed by atoms with van der Waals surface area (Å²) in [6.07, 6.45) is 1.48. The van der Waals surface area contributed by atoms with E-state index in [0.717, 1.165) is 30.5 Å². The van der Waals surface area contributed by atoms with Crippen molar-refractivity contribution < 1.29 is 33.4 Å². The number of rotatable bonds is 16. The van der Waals surface area contributed by atoms with Crippen LogP contribution in [0.3, 0.4) is 0 Å². The number of imidazole rings is 1. The van der Waals surface area contributed by atoms with Crippen molar-refractivity contribution in [2.45, 2.75) is 65.3 Å². The van der Waals surface area contributed by atoms with Crippen LogP contribution >= 0.6 is 11.8 Å². The Morgan fingerprint density at radius 1 is 1.13 bits per heavy atom. The minimum atomic E-state index is -1.09. The molecule has 1 aliphatic rings. The third kappa shape index (κ3) is 9.88. The van der Waals surface area contributed by atoms with Gasteiger partial charge in [0.25, 0.3) is 6.01 Å². The smallest absolute Gasteiger partial charge is 0.336 e. The Bertz CT molecular complexity index is 1540. The van der Waals surface area contributed by atoms with Gasteiger partial charge >= 0.3 is 5.97 Å². The average Bonchev–Trinajstić information content (AvgIpc) is 3.39. The van der Waals surface area contributed by atoms with Gasteiger partial charge in [-0.2, -0.15) is 4.98 Å². The Hall–Kier alpha value is -3.74. The van der Waals surface area contributed by atoms with Gasteiger partial charge in [-0.15, -0.1) is 0 Å². The lowest BCUT2D eigenvalue weighted by molar-refractivity contribution is -0.121. The molecule has 0 bridgehead atoms. The molecule has 254 valence electrons. The molecule has 47 heavy (non-hydrogen) atoms. The number of aromatic carboxylic acids is 1. The molecule has 1 unspecified atom stereocenters. The third-order valence-electron chi connectivity index (χ3n) is 8.00. The van der Waals surface area contributed by atoms with Gasteiger partial charge in [0.15, 0.2) is 5.12 Å². The number of hydrogen-bond donors (Lipinski definition) is 2. The molecule has 1 aliphatic heterocycles. The van der Waals surface area contributed by atoms with Crippen LogP contribution in [0.5, 0.6) is 6.01 Å². The molecule has 2 aromatic carbocycles.